The molecule has 1 saturated carbocycles. The maximum atomic E-state index is 16.1. The van der Waals surface area contributed by atoms with Gasteiger partial charge in [0.25, 0.3) is 5.92 Å². The Kier molecular flexibility index (Phi) is 8.74. The molecule has 1 aliphatic carbocycles. The molecule has 2 bridgehead atoms. The van der Waals surface area contributed by atoms with E-state index in [4.69, 9.17) is 14.2 Å². The van der Waals surface area contributed by atoms with Gasteiger partial charge < -0.3 is 29.2 Å². The number of amides is 2. The van der Waals surface area contributed by atoms with Crippen LogP contribution in [-0.2, 0) is 20.2 Å². The Morgan fingerprint density at radius 2 is 1.93 bits per heavy atom. The van der Waals surface area contributed by atoms with Gasteiger partial charge in [0.05, 0.1) is 25.2 Å². The highest BCUT2D eigenvalue weighted by atomic mass is 19.3. The Hall–Kier alpha value is -3.57. The summed E-state index contributed by atoms with van der Waals surface area (Å²) < 4.78 is 64.9. The monoisotopic (exact) mass is 619 g/mol. The first-order chi connectivity index (χ1) is 20.8. The minimum Gasteiger partial charge on any atom is -0.497 e. The molecule has 9 nitrogen and oxygen atoms in total. The summed E-state index contributed by atoms with van der Waals surface area (Å²) in [5.41, 5.74) is -1.63. The van der Waals surface area contributed by atoms with Crippen molar-refractivity contribution in [2.24, 2.45) is 17.3 Å². The number of benzene rings is 1. The molecule has 1 saturated heterocycles. The normalized spacial score (nSPS) is 29.3. The smallest absolute Gasteiger partial charge is 0.408 e. The second-order valence-corrected chi connectivity index (χ2v) is 13.2. The number of carbonyl (C=O) groups is 3. The molecule has 3 aliphatic rings. The van der Waals surface area contributed by atoms with E-state index in [9.17, 15) is 14.4 Å². The number of nitrogens with zero attached hydrogens (tertiary/aromatic N) is 2. The third-order valence-corrected chi connectivity index (χ3v) is 9.08. The number of hydrogen-bond donors (Lipinski definition) is 1. The molecule has 0 spiro atoms. The number of aldehydes is 1. The number of alkyl halides is 2. The topological polar surface area (TPSA) is 107 Å². The van der Waals surface area contributed by atoms with E-state index in [1.807, 2.05) is 0 Å². The summed E-state index contributed by atoms with van der Waals surface area (Å²) in [6.07, 6.45) is -0.0353. The fourth-order valence-corrected chi connectivity index (χ4v) is 6.45. The number of alkyl carbamates (subject to hydrolysis) is 1. The molecule has 2 aromatic rings. The lowest BCUT2D eigenvalue weighted by atomic mass is 9.85. The molecule has 1 aromatic carbocycles. The molecule has 2 amide bonds. The molecule has 1 N–H and O–H groups in total. The number of ether oxygens (including phenoxy) is 3. The number of nitrogens with one attached hydrogen (secondary N) is 1. The highest BCUT2D eigenvalue weighted by molar-refractivity contribution is 5.89. The average molecular weight is 620 g/mol. The van der Waals surface area contributed by atoms with E-state index in [0.29, 0.717) is 37.7 Å². The highest BCUT2D eigenvalue weighted by Gasteiger charge is 2.50. The van der Waals surface area contributed by atoms with Crippen LogP contribution in [0.15, 0.2) is 18.2 Å². The van der Waals surface area contributed by atoms with Crippen LogP contribution in [0.5, 0.6) is 11.6 Å². The Morgan fingerprint density at radius 1 is 1.18 bits per heavy atom. The molecule has 2 aliphatic heterocycles. The van der Waals surface area contributed by atoms with E-state index in [0.717, 1.165) is 0 Å². The van der Waals surface area contributed by atoms with Crippen molar-refractivity contribution in [3.05, 3.63) is 29.6 Å². The van der Waals surface area contributed by atoms with Crippen molar-refractivity contribution in [2.75, 3.05) is 13.7 Å². The van der Waals surface area contributed by atoms with Crippen LogP contribution in [0.25, 0.3) is 10.9 Å². The molecule has 5 rings (SSSR count). The maximum absolute atomic E-state index is 16.1. The van der Waals surface area contributed by atoms with E-state index in [2.05, 4.69) is 10.3 Å². The molecule has 12 heteroatoms. The van der Waals surface area contributed by atoms with Gasteiger partial charge in [-0.1, -0.05) is 34.1 Å². The predicted molar refractivity (Wildman–Crippen MR) is 155 cm³/mol. The van der Waals surface area contributed by atoms with E-state index < -0.39 is 71.1 Å². The zero-order chi connectivity index (χ0) is 32.0. The largest absolute Gasteiger partial charge is 0.497 e. The molecule has 3 heterocycles. The Balaban J connectivity index is 1.60. The van der Waals surface area contributed by atoms with Gasteiger partial charge in [0.2, 0.25) is 11.8 Å². The second kappa shape index (κ2) is 12.1. The van der Waals surface area contributed by atoms with Crippen molar-refractivity contribution in [2.45, 2.75) is 96.4 Å². The summed E-state index contributed by atoms with van der Waals surface area (Å²) in [7, 11) is 1.43. The van der Waals surface area contributed by atoms with Gasteiger partial charge in [-0.2, -0.15) is 0 Å². The van der Waals surface area contributed by atoms with Crippen LogP contribution < -0.4 is 14.8 Å². The molecule has 1 aromatic heterocycles. The SMILES string of the molecule is CC[C@@H]1[C@@H]2CN(C(=O)[C@H](C(C)(C)C)NC(=O)O[C@@H]3C[C@H]3CCCCC(F)(F)c3c(nc4cc(OC)ccc4c3F)O2)[C@@H]1C=O. The van der Waals surface area contributed by atoms with E-state index >= 15 is 13.2 Å². The fourth-order valence-electron chi connectivity index (χ4n) is 6.45. The number of pyridine rings is 1. The van der Waals surface area contributed by atoms with Crippen molar-refractivity contribution in [1.82, 2.24) is 15.2 Å². The average Bonchev–Trinajstić information content (AvgIpc) is 3.59. The quantitative estimate of drug-likeness (QED) is 0.436. The summed E-state index contributed by atoms with van der Waals surface area (Å²) >= 11 is 0. The number of hydrogen-bond acceptors (Lipinski definition) is 7. The summed E-state index contributed by atoms with van der Waals surface area (Å²) in [6, 6.07) is 2.24. The van der Waals surface area contributed by atoms with Crippen LogP contribution in [-0.4, -0.2) is 66.1 Å². The van der Waals surface area contributed by atoms with Crippen molar-refractivity contribution in [3.63, 3.8) is 0 Å². The third-order valence-electron chi connectivity index (χ3n) is 9.08. The number of methoxy groups -OCH3 is 1. The second-order valence-electron chi connectivity index (χ2n) is 13.2. The molecule has 2 fully saturated rings. The number of aromatic nitrogens is 1. The molecule has 0 unspecified atom stereocenters. The summed E-state index contributed by atoms with van der Waals surface area (Å²) in [4.78, 5) is 44.9. The van der Waals surface area contributed by atoms with Gasteiger partial charge >= 0.3 is 6.09 Å². The van der Waals surface area contributed by atoms with Crippen LogP contribution in [0, 0.1) is 23.1 Å². The Bertz CT molecular complexity index is 1430. The van der Waals surface area contributed by atoms with E-state index in [-0.39, 0.29) is 35.9 Å². The lowest BCUT2D eigenvalue weighted by Crippen LogP contribution is -2.56. The van der Waals surface area contributed by atoms with Crippen molar-refractivity contribution >= 4 is 29.2 Å². The molecular weight excluding hydrogens is 579 g/mol. The van der Waals surface area contributed by atoms with Gasteiger partial charge in [-0.15, -0.1) is 0 Å². The minimum absolute atomic E-state index is 0.0223. The van der Waals surface area contributed by atoms with Gasteiger partial charge in [0.15, 0.2) is 0 Å². The fraction of sp³-hybridized carbons (Fsp3) is 0.625. The van der Waals surface area contributed by atoms with Crippen molar-refractivity contribution in [3.8, 4) is 11.6 Å². The highest BCUT2D eigenvalue weighted by Crippen LogP contribution is 2.45. The van der Waals surface area contributed by atoms with Crippen molar-refractivity contribution in [1.29, 1.82) is 0 Å². The maximum Gasteiger partial charge on any atom is 0.408 e. The molecule has 6 atom stereocenters. The number of halogens is 3. The van der Waals surface area contributed by atoms with Crippen LogP contribution in [0.4, 0.5) is 18.0 Å². The summed E-state index contributed by atoms with van der Waals surface area (Å²) in [5, 5.41) is 2.61. The zero-order valence-electron chi connectivity index (χ0n) is 25.7. The Labute approximate surface area is 254 Å². The summed E-state index contributed by atoms with van der Waals surface area (Å²) in [6.45, 7) is 6.98. The molecule has 44 heavy (non-hydrogen) atoms. The Morgan fingerprint density at radius 3 is 2.59 bits per heavy atom. The standard InChI is InChI=1S/C32H40F3N3O6/c1-6-19-22(16-39)38-15-24(19)43-28-25(26(33)20-11-10-18(42-5)14-21(20)36-28)32(34,35)12-8-7-9-17-13-23(17)44-30(41)37-27(29(38)40)31(2,3)4/h10-11,14,16-17,19,22-24,27H,6-9,12-13,15H2,1-5H3,(H,37,41)/t17-,19+,22-,23-,24+,27-/m1/s1. The van der Waals surface area contributed by atoms with Crippen LogP contribution in [0.2, 0.25) is 0 Å². The van der Waals surface area contributed by atoms with Gasteiger partial charge in [-0.05, 0) is 49.1 Å². The lowest BCUT2D eigenvalue weighted by Gasteiger charge is -2.34. The zero-order valence-corrected chi connectivity index (χ0v) is 25.7. The first kappa shape index (κ1) is 31.8. The van der Waals surface area contributed by atoms with Gasteiger partial charge in [0, 0.05) is 23.8 Å². The van der Waals surface area contributed by atoms with E-state index in [1.54, 1.807) is 27.7 Å². The van der Waals surface area contributed by atoms with Gasteiger partial charge in [0.1, 0.15) is 41.7 Å². The molecule has 240 valence electrons. The van der Waals surface area contributed by atoms with Crippen LogP contribution >= 0.6 is 0 Å². The first-order valence-electron chi connectivity index (χ1n) is 15.2. The summed E-state index contributed by atoms with van der Waals surface area (Å²) in [5.74, 6) is -6.09. The van der Waals surface area contributed by atoms with Gasteiger partial charge in [-0.25, -0.2) is 22.9 Å². The first-order valence-corrected chi connectivity index (χ1v) is 15.2. The number of carbonyl (C=O) groups excluding carboxylic acids is 3. The van der Waals surface area contributed by atoms with Crippen LogP contribution in [0.3, 0.4) is 0 Å². The third kappa shape index (κ3) is 6.17. The van der Waals surface area contributed by atoms with Gasteiger partial charge in [-0.3, -0.25) is 4.79 Å². The number of rotatable bonds is 3. The lowest BCUT2D eigenvalue weighted by molar-refractivity contribution is -0.139. The predicted octanol–water partition coefficient (Wildman–Crippen LogP) is 5.76. The number of fused-ring (bicyclic) bond motifs is 5. The van der Waals surface area contributed by atoms with Crippen LogP contribution in [0.1, 0.15) is 71.8 Å². The molecule has 0 radical (unpaired) electrons. The van der Waals surface area contributed by atoms with Crippen molar-refractivity contribution < 1.29 is 41.8 Å². The molecular formula is C32H40F3N3O6. The van der Waals surface area contributed by atoms with E-state index in [1.165, 1.54) is 30.2 Å². The minimum atomic E-state index is -3.62.